The Morgan fingerprint density at radius 2 is 1.92 bits per heavy atom. The molecule has 0 aromatic heterocycles. The molecule has 0 atom stereocenters. The van der Waals surface area contributed by atoms with Crippen LogP contribution in [0.4, 0.5) is 0 Å². The Morgan fingerprint density at radius 1 is 1.23 bits per heavy atom. The smallest absolute Gasteiger partial charge is 0.00203 e. The third-order valence-electron chi connectivity index (χ3n) is 3.98. The Labute approximate surface area is 82.3 Å². The van der Waals surface area contributed by atoms with Gasteiger partial charge in [0.15, 0.2) is 0 Å². The lowest BCUT2D eigenvalue weighted by molar-refractivity contribution is 0.110. The van der Waals surface area contributed by atoms with Crippen LogP contribution in [-0.4, -0.2) is 13.1 Å². The summed E-state index contributed by atoms with van der Waals surface area (Å²) in [5.41, 5.74) is 0.726. The number of rotatable bonds is 4. The quantitative estimate of drug-likeness (QED) is 0.703. The molecule has 0 radical (unpaired) electrons. The van der Waals surface area contributed by atoms with Crippen LogP contribution < -0.4 is 5.32 Å². The minimum Gasteiger partial charge on any atom is -0.316 e. The van der Waals surface area contributed by atoms with Gasteiger partial charge in [-0.25, -0.2) is 0 Å². The summed E-state index contributed by atoms with van der Waals surface area (Å²) >= 11 is 0. The molecule has 0 aromatic carbocycles. The molecule has 2 fully saturated rings. The van der Waals surface area contributed by atoms with E-state index in [0.29, 0.717) is 0 Å². The van der Waals surface area contributed by atoms with Gasteiger partial charge in [0, 0.05) is 13.1 Å². The molecule has 0 spiro atoms. The maximum Gasteiger partial charge on any atom is 0.00203 e. The highest BCUT2D eigenvalue weighted by atomic mass is 15.0. The van der Waals surface area contributed by atoms with Crippen LogP contribution in [0, 0.1) is 11.3 Å². The van der Waals surface area contributed by atoms with E-state index >= 15 is 0 Å². The molecular formula is C12H23N. The Balaban J connectivity index is 1.82. The monoisotopic (exact) mass is 181 g/mol. The van der Waals surface area contributed by atoms with Gasteiger partial charge in [-0.15, -0.1) is 0 Å². The summed E-state index contributed by atoms with van der Waals surface area (Å²) in [6.45, 7) is 4.93. The summed E-state index contributed by atoms with van der Waals surface area (Å²) in [7, 11) is 0. The Bertz CT molecular complexity index is 155. The Morgan fingerprint density at radius 3 is 2.38 bits per heavy atom. The van der Waals surface area contributed by atoms with E-state index in [4.69, 9.17) is 0 Å². The van der Waals surface area contributed by atoms with Crippen LogP contribution in [0.15, 0.2) is 0 Å². The van der Waals surface area contributed by atoms with Crippen LogP contribution in [0.5, 0.6) is 0 Å². The van der Waals surface area contributed by atoms with Crippen molar-refractivity contribution in [2.75, 3.05) is 13.1 Å². The molecule has 1 heterocycles. The molecule has 1 aliphatic heterocycles. The molecule has 1 nitrogen and oxygen atoms in total. The van der Waals surface area contributed by atoms with E-state index in [1.165, 1.54) is 58.0 Å². The third kappa shape index (κ3) is 2.07. The second-order valence-corrected chi connectivity index (χ2v) is 5.21. The number of nitrogens with one attached hydrogen (secondary N) is 1. The van der Waals surface area contributed by atoms with Crippen molar-refractivity contribution >= 4 is 0 Å². The molecule has 1 saturated heterocycles. The predicted octanol–water partition coefficient (Wildman–Crippen LogP) is 2.96. The minimum atomic E-state index is 0.726. The SMILES string of the molecule is CCCC1(CC2CCCC2)CNC1. The van der Waals surface area contributed by atoms with Gasteiger partial charge in [0.25, 0.3) is 0 Å². The summed E-state index contributed by atoms with van der Waals surface area (Å²) in [6.07, 6.45) is 10.4. The van der Waals surface area contributed by atoms with Crippen molar-refractivity contribution in [3.63, 3.8) is 0 Å². The largest absolute Gasteiger partial charge is 0.316 e. The van der Waals surface area contributed by atoms with Crippen molar-refractivity contribution in [1.82, 2.24) is 5.32 Å². The van der Waals surface area contributed by atoms with Crippen molar-refractivity contribution in [3.8, 4) is 0 Å². The summed E-state index contributed by atoms with van der Waals surface area (Å²) in [5.74, 6) is 1.08. The van der Waals surface area contributed by atoms with Gasteiger partial charge in [0.2, 0.25) is 0 Å². The highest BCUT2D eigenvalue weighted by molar-refractivity contribution is 4.93. The van der Waals surface area contributed by atoms with Gasteiger partial charge in [-0.3, -0.25) is 0 Å². The van der Waals surface area contributed by atoms with Crippen molar-refractivity contribution in [1.29, 1.82) is 0 Å². The number of hydrogen-bond donors (Lipinski definition) is 1. The standard InChI is InChI=1S/C12H23N/c1-2-7-12(9-13-10-12)8-11-5-3-4-6-11/h11,13H,2-10H2,1H3. The molecule has 2 rings (SSSR count). The van der Waals surface area contributed by atoms with Gasteiger partial charge in [0.1, 0.15) is 0 Å². The average Bonchev–Trinajstić information content (AvgIpc) is 2.53. The van der Waals surface area contributed by atoms with Gasteiger partial charge < -0.3 is 5.32 Å². The normalized spacial score (nSPS) is 27.5. The maximum atomic E-state index is 3.46. The molecule has 0 bridgehead atoms. The first-order valence-electron chi connectivity index (χ1n) is 6.05. The molecular weight excluding hydrogens is 158 g/mol. The summed E-state index contributed by atoms with van der Waals surface area (Å²) in [5, 5.41) is 3.46. The Hall–Kier alpha value is -0.0400. The van der Waals surface area contributed by atoms with Crippen LogP contribution in [0.1, 0.15) is 51.9 Å². The maximum absolute atomic E-state index is 3.46. The van der Waals surface area contributed by atoms with Crippen LogP contribution in [-0.2, 0) is 0 Å². The minimum absolute atomic E-state index is 0.726. The van der Waals surface area contributed by atoms with Crippen molar-refractivity contribution in [3.05, 3.63) is 0 Å². The zero-order valence-electron chi connectivity index (χ0n) is 8.94. The second kappa shape index (κ2) is 4.00. The van der Waals surface area contributed by atoms with Gasteiger partial charge in [-0.1, -0.05) is 39.0 Å². The lowest BCUT2D eigenvalue weighted by atomic mass is 9.71. The van der Waals surface area contributed by atoms with Gasteiger partial charge >= 0.3 is 0 Å². The van der Waals surface area contributed by atoms with Crippen LogP contribution in [0.25, 0.3) is 0 Å². The second-order valence-electron chi connectivity index (χ2n) is 5.21. The van der Waals surface area contributed by atoms with Crippen LogP contribution in [0.2, 0.25) is 0 Å². The first-order chi connectivity index (χ1) is 6.35. The lowest BCUT2D eigenvalue weighted by Crippen LogP contribution is -2.54. The van der Waals surface area contributed by atoms with Crippen molar-refractivity contribution in [2.24, 2.45) is 11.3 Å². The van der Waals surface area contributed by atoms with E-state index in [1.807, 2.05) is 0 Å². The first kappa shape index (κ1) is 9.51. The van der Waals surface area contributed by atoms with Crippen molar-refractivity contribution in [2.45, 2.75) is 51.9 Å². The zero-order chi connectivity index (χ0) is 9.15. The molecule has 1 aliphatic carbocycles. The fourth-order valence-electron chi connectivity index (χ4n) is 3.26. The average molecular weight is 181 g/mol. The molecule has 0 unspecified atom stereocenters. The molecule has 1 N–H and O–H groups in total. The molecule has 2 aliphatic rings. The number of hydrogen-bond acceptors (Lipinski definition) is 1. The van der Waals surface area contributed by atoms with E-state index < -0.39 is 0 Å². The summed E-state index contributed by atoms with van der Waals surface area (Å²) < 4.78 is 0. The van der Waals surface area contributed by atoms with Crippen LogP contribution in [0.3, 0.4) is 0 Å². The fraction of sp³-hybridized carbons (Fsp3) is 1.00. The van der Waals surface area contributed by atoms with Crippen molar-refractivity contribution < 1.29 is 0 Å². The van der Waals surface area contributed by atoms with Gasteiger partial charge in [0.05, 0.1) is 0 Å². The predicted molar refractivity (Wildman–Crippen MR) is 56.8 cm³/mol. The Kier molecular flexibility index (Phi) is 2.92. The van der Waals surface area contributed by atoms with Gasteiger partial charge in [-0.2, -0.15) is 0 Å². The third-order valence-corrected chi connectivity index (χ3v) is 3.98. The highest BCUT2D eigenvalue weighted by Gasteiger charge is 2.38. The van der Waals surface area contributed by atoms with Gasteiger partial charge in [-0.05, 0) is 24.2 Å². The molecule has 76 valence electrons. The molecule has 0 amide bonds. The summed E-state index contributed by atoms with van der Waals surface area (Å²) in [6, 6.07) is 0. The van der Waals surface area contributed by atoms with E-state index in [9.17, 15) is 0 Å². The molecule has 1 heteroatoms. The zero-order valence-corrected chi connectivity index (χ0v) is 8.94. The molecule has 13 heavy (non-hydrogen) atoms. The molecule has 0 aromatic rings. The van der Waals surface area contributed by atoms with E-state index in [-0.39, 0.29) is 0 Å². The first-order valence-corrected chi connectivity index (χ1v) is 6.05. The topological polar surface area (TPSA) is 12.0 Å². The van der Waals surface area contributed by atoms with E-state index in [1.54, 1.807) is 0 Å². The van der Waals surface area contributed by atoms with E-state index in [2.05, 4.69) is 12.2 Å². The lowest BCUT2D eigenvalue weighted by Gasteiger charge is -2.44. The highest BCUT2D eigenvalue weighted by Crippen LogP contribution is 2.40. The van der Waals surface area contributed by atoms with E-state index in [0.717, 1.165) is 11.3 Å². The molecule has 1 saturated carbocycles. The fourth-order valence-corrected chi connectivity index (χ4v) is 3.26. The summed E-state index contributed by atoms with van der Waals surface area (Å²) in [4.78, 5) is 0. The van der Waals surface area contributed by atoms with Crippen LogP contribution >= 0.6 is 0 Å².